The molecule has 0 heterocycles. The summed E-state index contributed by atoms with van der Waals surface area (Å²) in [6.45, 7) is 7.76. The van der Waals surface area contributed by atoms with Gasteiger partial charge in [0.05, 0.1) is 10.8 Å². The smallest absolute Gasteiger partial charge is 0.336 e. The maximum atomic E-state index is 12.2. The predicted octanol–water partition coefficient (Wildman–Crippen LogP) is 3.41. The number of hydrogen-bond donors (Lipinski definition) is 2. The molecule has 0 aromatic heterocycles. The zero-order valence-electron chi connectivity index (χ0n) is 12.3. The molecule has 110 valence electrons. The van der Waals surface area contributed by atoms with Crippen molar-refractivity contribution in [2.45, 2.75) is 32.9 Å². The Bertz CT molecular complexity index is 500. The van der Waals surface area contributed by atoms with E-state index in [2.05, 4.69) is 5.32 Å². The lowest BCUT2D eigenvalue weighted by molar-refractivity contribution is -0.116. The van der Waals surface area contributed by atoms with Gasteiger partial charge in [0.25, 0.3) is 0 Å². The Morgan fingerprint density at radius 3 is 2.50 bits per heavy atom. The average Bonchev–Trinajstić information content (AvgIpc) is 2.37. The second-order valence-electron chi connectivity index (χ2n) is 4.94. The van der Waals surface area contributed by atoms with Crippen molar-refractivity contribution >= 4 is 29.3 Å². The first-order valence-corrected chi connectivity index (χ1v) is 7.68. The molecule has 1 aromatic carbocycles. The van der Waals surface area contributed by atoms with E-state index in [1.54, 1.807) is 30.8 Å². The van der Waals surface area contributed by atoms with Crippen LogP contribution in [0.4, 0.5) is 5.69 Å². The number of carbonyl (C=O) groups is 2. The quantitative estimate of drug-likeness (QED) is 0.844. The number of anilines is 1. The van der Waals surface area contributed by atoms with Gasteiger partial charge in [-0.05, 0) is 36.3 Å². The third-order valence-electron chi connectivity index (χ3n) is 2.95. The van der Waals surface area contributed by atoms with Crippen LogP contribution < -0.4 is 5.32 Å². The molecular formula is C15H21NO3S. The van der Waals surface area contributed by atoms with E-state index in [9.17, 15) is 9.59 Å². The Kier molecular flexibility index (Phi) is 6.07. The second-order valence-corrected chi connectivity index (χ2v) is 6.36. The van der Waals surface area contributed by atoms with Gasteiger partial charge in [0.15, 0.2) is 0 Å². The molecule has 0 aliphatic heterocycles. The summed E-state index contributed by atoms with van der Waals surface area (Å²) in [6, 6.07) is 4.94. The van der Waals surface area contributed by atoms with Crippen LogP contribution in [-0.2, 0) is 4.79 Å². The minimum Gasteiger partial charge on any atom is -0.478 e. The summed E-state index contributed by atoms with van der Waals surface area (Å²) >= 11 is 1.60. The molecule has 0 radical (unpaired) electrons. The molecule has 0 saturated heterocycles. The van der Waals surface area contributed by atoms with Crippen molar-refractivity contribution in [3.8, 4) is 0 Å². The number of amides is 1. The third-order valence-corrected chi connectivity index (χ3v) is 4.40. The number of carboxylic acids is 1. The normalized spacial score (nSPS) is 12.2. The van der Waals surface area contributed by atoms with Gasteiger partial charge in [-0.1, -0.05) is 26.8 Å². The predicted molar refractivity (Wildman–Crippen MR) is 83.5 cm³/mol. The Morgan fingerprint density at radius 2 is 2.00 bits per heavy atom. The molecule has 1 aromatic rings. The molecule has 1 unspecified atom stereocenters. The van der Waals surface area contributed by atoms with Crippen LogP contribution >= 0.6 is 11.8 Å². The number of aromatic carboxylic acids is 1. The van der Waals surface area contributed by atoms with Crippen molar-refractivity contribution in [1.82, 2.24) is 0 Å². The van der Waals surface area contributed by atoms with Gasteiger partial charge < -0.3 is 10.4 Å². The zero-order valence-corrected chi connectivity index (χ0v) is 13.1. The van der Waals surface area contributed by atoms with Crippen LogP contribution in [0.5, 0.6) is 0 Å². The van der Waals surface area contributed by atoms with Crippen LogP contribution in [0.15, 0.2) is 18.2 Å². The maximum Gasteiger partial charge on any atom is 0.336 e. The van der Waals surface area contributed by atoms with Gasteiger partial charge in [0, 0.05) is 5.69 Å². The molecule has 0 aliphatic rings. The van der Waals surface area contributed by atoms with Crippen LogP contribution in [-0.4, -0.2) is 28.0 Å². The molecule has 4 nitrogen and oxygen atoms in total. The summed E-state index contributed by atoms with van der Waals surface area (Å²) in [5, 5.41) is 11.8. The van der Waals surface area contributed by atoms with E-state index < -0.39 is 5.97 Å². The molecule has 1 amide bonds. The molecule has 0 saturated carbocycles. The molecule has 1 atom stereocenters. The highest BCUT2D eigenvalue weighted by Crippen LogP contribution is 2.22. The number of benzene rings is 1. The Balaban J connectivity index is 2.89. The van der Waals surface area contributed by atoms with Gasteiger partial charge >= 0.3 is 5.97 Å². The lowest BCUT2D eigenvalue weighted by atomic mass is 10.1. The largest absolute Gasteiger partial charge is 0.478 e. The first-order valence-electron chi connectivity index (χ1n) is 6.63. The molecule has 5 heteroatoms. The summed E-state index contributed by atoms with van der Waals surface area (Å²) in [6.07, 6.45) is 0. The first kappa shape index (κ1) is 16.6. The molecule has 0 spiro atoms. The van der Waals surface area contributed by atoms with E-state index in [0.29, 0.717) is 11.3 Å². The van der Waals surface area contributed by atoms with Gasteiger partial charge in [-0.25, -0.2) is 4.79 Å². The van der Waals surface area contributed by atoms with Crippen molar-refractivity contribution in [3.63, 3.8) is 0 Å². The van der Waals surface area contributed by atoms with Crippen molar-refractivity contribution in [2.24, 2.45) is 5.92 Å². The van der Waals surface area contributed by atoms with Crippen LogP contribution in [0, 0.1) is 12.8 Å². The number of carbonyl (C=O) groups excluding carboxylic acids is 1. The minimum absolute atomic E-state index is 0.0768. The lowest BCUT2D eigenvalue weighted by Gasteiger charge is -2.19. The van der Waals surface area contributed by atoms with Crippen LogP contribution in [0.3, 0.4) is 0 Å². The van der Waals surface area contributed by atoms with Gasteiger partial charge in [-0.2, -0.15) is 0 Å². The number of hydrogen-bond acceptors (Lipinski definition) is 3. The zero-order chi connectivity index (χ0) is 15.3. The van der Waals surface area contributed by atoms with Gasteiger partial charge in [-0.15, -0.1) is 11.8 Å². The molecule has 0 bridgehead atoms. The fourth-order valence-corrected chi connectivity index (χ4v) is 2.85. The van der Waals surface area contributed by atoms with Crippen LogP contribution in [0.25, 0.3) is 0 Å². The Labute approximate surface area is 124 Å². The van der Waals surface area contributed by atoms with E-state index in [0.717, 1.165) is 5.75 Å². The monoisotopic (exact) mass is 295 g/mol. The number of rotatable bonds is 6. The molecule has 20 heavy (non-hydrogen) atoms. The van der Waals surface area contributed by atoms with Gasteiger partial charge in [0.2, 0.25) is 5.91 Å². The second kappa shape index (κ2) is 7.33. The van der Waals surface area contributed by atoms with Crippen LogP contribution in [0.2, 0.25) is 0 Å². The SMILES string of the molecule is CCSC(C(=O)Nc1ccc(C)c(C(=O)O)c1)C(C)C. The standard InChI is InChI=1S/C15H21NO3S/c1-5-20-13(9(2)3)14(17)16-11-7-6-10(4)12(8-11)15(18)19/h6-9,13H,5H2,1-4H3,(H,16,17)(H,18,19). The summed E-state index contributed by atoms with van der Waals surface area (Å²) in [5.41, 5.74) is 1.42. The van der Waals surface area contributed by atoms with E-state index in [1.165, 1.54) is 6.07 Å². The number of thioether (sulfide) groups is 1. The lowest BCUT2D eigenvalue weighted by Crippen LogP contribution is -2.29. The fourth-order valence-electron chi connectivity index (χ4n) is 1.89. The van der Waals surface area contributed by atoms with Crippen LogP contribution in [0.1, 0.15) is 36.7 Å². The van der Waals surface area contributed by atoms with E-state index in [4.69, 9.17) is 5.11 Å². The van der Waals surface area contributed by atoms with Gasteiger partial charge in [0.1, 0.15) is 0 Å². The minimum atomic E-state index is -0.984. The highest BCUT2D eigenvalue weighted by Gasteiger charge is 2.22. The Hall–Kier alpha value is -1.49. The van der Waals surface area contributed by atoms with E-state index >= 15 is 0 Å². The molecular weight excluding hydrogens is 274 g/mol. The summed E-state index contributed by atoms with van der Waals surface area (Å²) in [5.74, 6) is 0.0307. The highest BCUT2D eigenvalue weighted by molar-refractivity contribution is 8.00. The molecule has 1 rings (SSSR count). The fraction of sp³-hybridized carbons (Fsp3) is 0.467. The van der Waals surface area contributed by atoms with E-state index in [-0.39, 0.29) is 22.6 Å². The highest BCUT2D eigenvalue weighted by atomic mass is 32.2. The van der Waals surface area contributed by atoms with Crippen molar-refractivity contribution < 1.29 is 14.7 Å². The maximum absolute atomic E-state index is 12.2. The molecule has 0 fully saturated rings. The third kappa shape index (κ3) is 4.27. The number of carboxylic acid groups (broad SMARTS) is 1. The van der Waals surface area contributed by atoms with Gasteiger partial charge in [-0.3, -0.25) is 4.79 Å². The number of aryl methyl sites for hydroxylation is 1. The average molecular weight is 295 g/mol. The van der Waals surface area contributed by atoms with Crippen molar-refractivity contribution in [3.05, 3.63) is 29.3 Å². The Morgan fingerprint density at radius 1 is 1.35 bits per heavy atom. The summed E-state index contributed by atoms with van der Waals surface area (Å²) in [7, 11) is 0. The topological polar surface area (TPSA) is 66.4 Å². The van der Waals surface area contributed by atoms with Crippen molar-refractivity contribution in [2.75, 3.05) is 11.1 Å². The molecule has 2 N–H and O–H groups in total. The summed E-state index contributed by atoms with van der Waals surface area (Å²) in [4.78, 5) is 23.3. The number of nitrogens with one attached hydrogen (secondary N) is 1. The van der Waals surface area contributed by atoms with Crippen molar-refractivity contribution in [1.29, 1.82) is 0 Å². The van der Waals surface area contributed by atoms with E-state index in [1.807, 2.05) is 20.8 Å². The molecule has 0 aliphatic carbocycles. The summed E-state index contributed by atoms with van der Waals surface area (Å²) < 4.78 is 0. The first-order chi connectivity index (χ1) is 9.36.